The molecule has 0 amide bonds. The van der Waals surface area contributed by atoms with E-state index in [4.69, 9.17) is 14.6 Å². The minimum atomic E-state index is -0.582. The molecular formula is C16H18O3. The lowest BCUT2D eigenvalue weighted by Gasteiger charge is -2.23. The third-order valence-electron chi connectivity index (χ3n) is 2.58. The summed E-state index contributed by atoms with van der Waals surface area (Å²) in [5.41, 5.74) is -0.582. The van der Waals surface area contributed by atoms with E-state index in [2.05, 4.69) is 0 Å². The first-order valence-electron chi connectivity index (χ1n) is 6.22. The second kappa shape index (κ2) is 5.76. The molecule has 0 bridgehead atoms. The highest BCUT2D eigenvalue weighted by molar-refractivity contribution is 5.35. The van der Waals surface area contributed by atoms with Gasteiger partial charge in [-0.15, -0.1) is 0 Å². The van der Waals surface area contributed by atoms with Crippen molar-refractivity contribution in [2.75, 3.05) is 6.61 Å². The van der Waals surface area contributed by atoms with Crippen LogP contribution < -0.4 is 9.47 Å². The fraction of sp³-hybridized carbons (Fsp3) is 0.250. The molecule has 0 aliphatic heterocycles. The number of hydrogen-bond donors (Lipinski definition) is 1. The van der Waals surface area contributed by atoms with E-state index in [1.165, 1.54) is 0 Å². The van der Waals surface area contributed by atoms with Crippen molar-refractivity contribution in [1.29, 1.82) is 0 Å². The molecule has 0 atom stereocenters. The summed E-state index contributed by atoms with van der Waals surface area (Å²) >= 11 is 0. The molecule has 0 aromatic heterocycles. The fourth-order valence-electron chi connectivity index (χ4n) is 1.55. The van der Waals surface area contributed by atoms with Gasteiger partial charge in [0.1, 0.15) is 22.8 Å². The number of benzene rings is 2. The molecule has 100 valence electrons. The first-order valence-corrected chi connectivity index (χ1v) is 6.22. The fourth-order valence-corrected chi connectivity index (χ4v) is 1.55. The maximum Gasteiger partial charge on any atom is 0.127 e. The predicted octanol–water partition coefficient (Wildman–Crippen LogP) is 3.63. The molecule has 0 spiro atoms. The third kappa shape index (κ3) is 4.00. The minimum absolute atomic E-state index is 0.0325. The Morgan fingerprint density at radius 3 is 1.95 bits per heavy atom. The first-order chi connectivity index (χ1) is 9.09. The van der Waals surface area contributed by atoms with Gasteiger partial charge in [0, 0.05) is 0 Å². The van der Waals surface area contributed by atoms with Gasteiger partial charge in [-0.25, -0.2) is 0 Å². The van der Waals surface area contributed by atoms with Crippen molar-refractivity contribution < 1.29 is 14.6 Å². The van der Waals surface area contributed by atoms with Crippen molar-refractivity contribution >= 4 is 0 Å². The van der Waals surface area contributed by atoms with E-state index in [0.29, 0.717) is 5.75 Å². The number of ether oxygens (including phenoxy) is 2. The lowest BCUT2D eigenvalue weighted by molar-refractivity contribution is 0.0412. The molecule has 2 aromatic carbocycles. The molecule has 0 saturated heterocycles. The van der Waals surface area contributed by atoms with E-state index in [9.17, 15) is 0 Å². The van der Waals surface area contributed by atoms with Crippen molar-refractivity contribution in [1.82, 2.24) is 0 Å². The summed E-state index contributed by atoms with van der Waals surface area (Å²) in [7, 11) is 0. The van der Waals surface area contributed by atoms with Gasteiger partial charge in [0.2, 0.25) is 0 Å². The first kappa shape index (κ1) is 13.4. The summed E-state index contributed by atoms with van der Waals surface area (Å²) in [5.74, 6) is 2.26. The highest BCUT2D eigenvalue weighted by Gasteiger charge is 2.17. The minimum Gasteiger partial charge on any atom is -0.485 e. The van der Waals surface area contributed by atoms with Crippen LogP contribution in [-0.4, -0.2) is 17.3 Å². The molecule has 0 fully saturated rings. The molecule has 19 heavy (non-hydrogen) atoms. The maximum atomic E-state index is 9.16. The molecule has 2 aromatic rings. The van der Waals surface area contributed by atoms with Gasteiger partial charge in [0.05, 0.1) is 6.61 Å². The van der Waals surface area contributed by atoms with Gasteiger partial charge in [0.15, 0.2) is 0 Å². The number of aliphatic hydroxyl groups excluding tert-OH is 1. The van der Waals surface area contributed by atoms with Crippen LogP contribution in [0.1, 0.15) is 13.8 Å². The summed E-state index contributed by atoms with van der Waals surface area (Å²) in [6.45, 7) is 3.64. The lowest BCUT2D eigenvalue weighted by Crippen LogP contribution is -2.32. The van der Waals surface area contributed by atoms with Crippen LogP contribution in [0.2, 0.25) is 0 Å². The van der Waals surface area contributed by atoms with Crippen LogP contribution in [0.3, 0.4) is 0 Å². The second-order valence-corrected chi connectivity index (χ2v) is 4.91. The van der Waals surface area contributed by atoms with Crippen LogP contribution in [0, 0.1) is 0 Å². The van der Waals surface area contributed by atoms with Gasteiger partial charge < -0.3 is 14.6 Å². The average Bonchev–Trinajstić information content (AvgIpc) is 2.42. The van der Waals surface area contributed by atoms with Gasteiger partial charge in [-0.05, 0) is 50.2 Å². The van der Waals surface area contributed by atoms with Crippen LogP contribution in [0.15, 0.2) is 54.6 Å². The normalized spacial score (nSPS) is 11.1. The summed E-state index contributed by atoms with van der Waals surface area (Å²) < 4.78 is 11.3. The van der Waals surface area contributed by atoms with Gasteiger partial charge >= 0.3 is 0 Å². The number of rotatable bonds is 5. The van der Waals surface area contributed by atoms with Gasteiger partial charge in [-0.2, -0.15) is 0 Å². The molecule has 3 heteroatoms. The lowest BCUT2D eigenvalue weighted by atomic mass is 10.1. The van der Waals surface area contributed by atoms with Gasteiger partial charge in [0.25, 0.3) is 0 Å². The maximum absolute atomic E-state index is 9.16. The summed E-state index contributed by atoms with van der Waals surface area (Å²) in [4.78, 5) is 0. The van der Waals surface area contributed by atoms with Crippen LogP contribution in [-0.2, 0) is 0 Å². The van der Waals surface area contributed by atoms with Crippen LogP contribution in [0.25, 0.3) is 0 Å². The van der Waals surface area contributed by atoms with E-state index < -0.39 is 5.60 Å². The van der Waals surface area contributed by atoms with Crippen molar-refractivity contribution in [3.8, 4) is 17.2 Å². The van der Waals surface area contributed by atoms with Crippen molar-refractivity contribution in [2.45, 2.75) is 19.4 Å². The van der Waals surface area contributed by atoms with E-state index in [0.717, 1.165) is 11.5 Å². The molecule has 0 unspecified atom stereocenters. The summed E-state index contributed by atoms with van der Waals surface area (Å²) in [6, 6.07) is 16.9. The van der Waals surface area contributed by atoms with E-state index in [1.54, 1.807) is 0 Å². The van der Waals surface area contributed by atoms with Crippen LogP contribution in [0.4, 0.5) is 0 Å². The zero-order chi connectivity index (χ0) is 13.7. The Morgan fingerprint density at radius 2 is 1.37 bits per heavy atom. The molecule has 0 saturated carbocycles. The quantitative estimate of drug-likeness (QED) is 0.890. The standard InChI is InChI=1S/C16H18O3/c1-16(2,12-17)19-15-10-8-14(9-11-15)18-13-6-4-3-5-7-13/h3-11,17H,12H2,1-2H3. The number of para-hydroxylation sites is 1. The van der Waals surface area contributed by atoms with Crippen LogP contribution in [0.5, 0.6) is 17.2 Å². The number of hydrogen-bond acceptors (Lipinski definition) is 3. The van der Waals surface area contributed by atoms with Crippen molar-refractivity contribution in [3.05, 3.63) is 54.6 Å². The SMILES string of the molecule is CC(C)(CO)Oc1ccc(Oc2ccccc2)cc1. The largest absolute Gasteiger partial charge is 0.485 e. The Hall–Kier alpha value is -2.00. The predicted molar refractivity (Wildman–Crippen MR) is 74.8 cm³/mol. The Bertz CT molecular complexity index is 503. The Morgan fingerprint density at radius 1 is 0.842 bits per heavy atom. The van der Waals surface area contributed by atoms with Gasteiger partial charge in [-0.3, -0.25) is 0 Å². The third-order valence-corrected chi connectivity index (χ3v) is 2.58. The van der Waals surface area contributed by atoms with Crippen molar-refractivity contribution in [2.24, 2.45) is 0 Å². The molecule has 0 radical (unpaired) electrons. The van der Waals surface area contributed by atoms with E-state index in [-0.39, 0.29) is 6.61 Å². The molecule has 2 rings (SSSR count). The Labute approximate surface area is 113 Å². The molecule has 0 aliphatic rings. The smallest absolute Gasteiger partial charge is 0.127 e. The molecule has 1 N–H and O–H groups in total. The zero-order valence-corrected chi connectivity index (χ0v) is 11.2. The monoisotopic (exact) mass is 258 g/mol. The summed E-state index contributed by atoms with van der Waals surface area (Å²) in [5, 5.41) is 9.16. The van der Waals surface area contributed by atoms with Crippen molar-refractivity contribution in [3.63, 3.8) is 0 Å². The topological polar surface area (TPSA) is 38.7 Å². The molecular weight excluding hydrogens is 240 g/mol. The molecule has 3 nitrogen and oxygen atoms in total. The van der Waals surface area contributed by atoms with Gasteiger partial charge in [-0.1, -0.05) is 18.2 Å². The van der Waals surface area contributed by atoms with Crippen LogP contribution >= 0.6 is 0 Å². The summed E-state index contributed by atoms with van der Waals surface area (Å²) in [6.07, 6.45) is 0. The Balaban J connectivity index is 2.03. The van der Waals surface area contributed by atoms with E-state index in [1.807, 2.05) is 68.4 Å². The molecule has 0 aliphatic carbocycles. The zero-order valence-electron chi connectivity index (χ0n) is 11.2. The highest BCUT2D eigenvalue weighted by Crippen LogP contribution is 2.25. The highest BCUT2D eigenvalue weighted by atomic mass is 16.5. The second-order valence-electron chi connectivity index (χ2n) is 4.91. The Kier molecular flexibility index (Phi) is 4.07. The number of aliphatic hydroxyl groups is 1. The average molecular weight is 258 g/mol. The van der Waals surface area contributed by atoms with E-state index >= 15 is 0 Å². The molecule has 0 heterocycles.